The molecule has 0 spiro atoms. The molecule has 0 saturated heterocycles. The van der Waals surface area contributed by atoms with Gasteiger partial charge < -0.3 is 9.73 Å². The average Bonchev–Trinajstić information content (AvgIpc) is 3.17. The zero-order chi connectivity index (χ0) is 18.1. The van der Waals surface area contributed by atoms with Gasteiger partial charge in [-0.25, -0.2) is 4.98 Å². The molecule has 0 aliphatic rings. The second-order valence-corrected chi connectivity index (χ2v) is 6.52. The number of para-hydroxylation sites is 1. The van der Waals surface area contributed by atoms with Gasteiger partial charge in [0.05, 0.1) is 16.6 Å². The van der Waals surface area contributed by atoms with E-state index in [-0.39, 0.29) is 11.3 Å². The zero-order valence-corrected chi connectivity index (χ0v) is 14.7. The fourth-order valence-electron chi connectivity index (χ4n) is 2.77. The SMILES string of the molecule is Cc1ccccc1-c1cc(=O)c2cccc(NC(=O)c3cscn3)c2o1. The Bertz CT molecular complexity index is 1160. The molecule has 0 unspecified atom stereocenters. The van der Waals surface area contributed by atoms with Gasteiger partial charge in [0.25, 0.3) is 5.91 Å². The number of aromatic nitrogens is 1. The second kappa shape index (κ2) is 6.57. The number of thiazole rings is 1. The van der Waals surface area contributed by atoms with E-state index in [0.29, 0.717) is 28.1 Å². The Balaban J connectivity index is 1.86. The maximum Gasteiger partial charge on any atom is 0.275 e. The molecule has 0 radical (unpaired) electrons. The van der Waals surface area contributed by atoms with Crippen molar-refractivity contribution in [2.24, 2.45) is 0 Å². The summed E-state index contributed by atoms with van der Waals surface area (Å²) in [7, 11) is 0. The van der Waals surface area contributed by atoms with Crippen molar-refractivity contribution in [3.05, 3.63) is 80.9 Å². The minimum Gasteiger partial charge on any atom is -0.454 e. The largest absolute Gasteiger partial charge is 0.454 e. The molecule has 2 heterocycles. The summed E-state index contributed by atoms with van der Waals surface area (Å²) in [6.07, 6.45) is 0. The number of nitrogens with one attached hydrogen (secondary N) is 1. The van der Waals surface area contributed by atoms with Gasteiger partial charge in [-0.2, -0.15) is 0 Å². The summed E-state index contributed by atoms with van der Waals surface area (Å²) in [5.74, 6) is 0.124. The minimum absolute atomic E-state index is 0.158. The van der Waals surface area contributed by atoms with E-state index in [4.69, 9.17) is 4.42 Å². The predicted octanol–water partition coefficient (Wildman–Crippen LogP) is 4.48. The van der Waals surface area contributed by atoms with Gasteiger partial charge >= 0.3 is 0 Å². The highest BCUT2D eigenvalue weighted by molar-refractivity contribution is 7.07. The lowest BCUT2D eigenvalue weighted by Gasteiger charge is -2.10. The number of rotatable bonds is 3. The number of anilines is 1. The number of aryl methyl sites for hydroxylation is 1. The van der Waals surface area contributed by atoms with Crippen LogP contribution in [-0.4, -0.2) is 10.9 Å². The molecule has 6 heteroatoms. The smallest absolute Gasteiger partial charge is 0.275 e. The molecule has 0 bridgehead atoms. The van der Waals surface area contributed by atoms with Crippen molar-refractivity contribution in [1.82, 2.24) is 4.98 Å². The van der Waals surface area contributed by atoms with Crippen molar-refractivity contribution in [1.29, 1.82) is 0 Å². The first-order chi connectivity index (χ1) is 12.6. The molecule has 5 nitrogen and oxygen atoms in total. The maximum atomic E-state index is 12.6. The third-order valence-corrected chi connectivity index (χ3v) is 4.66. The number of nitrogens with zero attached hydrogens (tertiary/aromatic N) is 1. The van der Waals surface area contributed by atoms with Gasteiger partial charge in [0, 0.05) is 17.0 Å². The standard InChI is InChI=1S/C20H14N2O3S/c1-12-5-2-3-6-13(12)18-9-17(23)14-7-4-8-15(19(14)25-18)22-20(24)16-10-26-11-21-16/h2-11H,1H3,(H,22,24). The maximum absolute atomic E-state index is 12.6. The van der Waals surface area contributed by atoms with E-state index in [1.807, 2.05) is 31.2 Å². The number of carbonyl (C=O) groups is 1. The summed E-state index contributed by atoms with van der Waals surface area (Å²) in [4.78, 5) is 28.9. The summed E-state index contributed by atoms with van der Waals surface area (Å²) in [6, 6.07) is 14.3. The number of amides is 1. The van der Waals surface area contributed by atoms with E-state index >= 15 is 0 Å². The van der Waals surface area contributed by atoms with Crippen LogP contribution in [0.4, 0.5) is 5.69 Å². The Morgan fingerprint density at radius 2 is 2.00 bits per heavy atom. The molecular formula is C20H14N2O3S. The van der Waals surface area contributed by atoms with Gasteiger partial charge in [-0.05, 0) is 24.6 Å². The monoisotopic (exact) mass is 362 g/mol. The van der Waals surface area contributed by atoms with Crippen LogP contribution in [0.15, 0.2) is 68.6 Å². The highest BCUT2D eigenvalue weighted by atomic mass is 32.1. The molecule has 1 N–H and O–H groups in total. The molecule has 0 aliphatic carbocycles. The van der Waals surface area contributed by atoms with Crippen molar-refractivity contribution < 1.29 is 9.21 Å². The van der Waals surface area contributed by atoms with Crippen LogP contribution in [0, 0.1) is 6.92 Å². The van der Waals surface area contributed by atoms with Gasteiger partial charge in [0.1, 0.15) is 11.5 Å². The molecule has 0 atom stereocenters. The number of hydrogen-bond acceptors (Lipinski definition) is 5. The minimum atomic E-state index is -0.345. The van der Waals surface area contributed by atoms with E-state index in [2.05, 4.69) is 10.3 Å². The van der Waals surface area contributed by atoms with Crippen LogP contribution in [-0.2, 0) is 0 Å². The first kappa shape index (κ1) is 16.2. The van der Waals surface area contributed by atoms with E-state index in [1.54, 1.807) is 29.1 Å². The summed E-state index contributed by atoms with van der Waals surface area (Å²) in [6.45, 7) is 1.95. The third-order valence-electron chi connectivity index (χ3n) is 4.08. The fraction of sp³-hybridized carbons (Fsp3) is 0.0500. The Kier molecular flexibility index (Phi) is 4.10. The predicted molar refractivity (Wildman–Crippen MR) is 103 cm³/mol. The van der Waals surface area contributed by atoms with Crippen LogP contribution < -0.4 is 10.7 Å². The van der Waals surface area contributed by atoms with Crippen LogP contribution in [0.2, 0.25) is 0 Å². The zero-order valence-electron chi connectivity index (χ0n) is 13.9. The van der Waals surface area contributed by atoms with E-state index in [1.165, 1.54) is 17.4 Å². The molecule has 0 fully saturated rings. The molecule has 2 aromatic heterocycles. The molecule has 26 heavy (non-hydrogen) atoms. The van der Waals surface area contributed by atoms with Crippen LogP contribution in [0.1, 0.15) is 16.1 Å². The van der Waals surface area contributed by atoms with E-state index in [0.717, 1.165) is 11.1 Å². The highest BCUT2D eigenvalue weighted by Crippen LogP contribution is 2.28. The summed E-state index contributed by atoms with van der Waals surface area (Å²) < 4.78 is 6.03. The lowest BCUT2D eigenvalue weighted by molar-refractivity contribution is 0.102. The van der Waals surface area contributed by atoms with Crippen molar-refractivity contribution in [2.75, 3.05) is 5.32 Å². The van der Waals surface area contributed by atoms with Crippen LogP contribution in [0.3, 0.4) is 0 Å². The van der Waals surface area contributed by atoms with Crippen LogP contribution in [0.25, 0.3) is 22.3 Å². The number of fused-ring (bicyclic) bond motifs is 1. The second-order valence-electron chi connectivity index (χ2n) is 5.80. The normalized spacial score (nSPS) is 10.8. The fourth-order valence-corrected chi connectivity index (χ4v) is 3.30. The van der Waals surface area contributed by atoms with Gasteiger partial charge in [-0.15, -0.1) is 11.3 Å². The molecule has 0 saturated carbocycles. The van der Waals surface area contributed by atoms with Crippen molar-refractivity contribution in [2.45, 2.75) is 6.92 Å². The molecule has 128 valence electrons. The summed E-state index contributed by atoms with van der Waals surface area (Å²) in [5, 5.41) is 4.86. The van der Waals surface area contributed by atoms with Gasteiger partial charge in [0.2, 0.25) is 0 Å². The lowest BCUT2D eigenvalue weighted by Crippen LogP contribution is -2.13. The van der Waals surface area contributed by atoms with Crippen molar-refractivity contribution in [3.8, 4) is 11.3 Å². The Hall–Kier alpha value is -3.25. The topological polar surface area (TPSA) is 72.2 Å². The highest BCUT2D eigenvalue weighted by Gasteiger charge is 2.15. The molecular weight excluding hydrogens is 348 g/mol. The van der Waals surface area contributed by atoms with Gasteiger partial charge in [-0.1, -0.05) is 30.3 Å². The number of carbonyl (C=O) groups excluding carboxylic acids is 1. The third kappa shape index (κ3) is 2.91. The lowest BCUT2D eigenvalue weighted by atomic mass is 10.1. The molecule has 4 aromatic rings. The Morgan fingerprint density at radius 1 is 1.15 bits per heavy atom. The molecule has 1 amide bonds. The van der Waals surface area contributed by atoms with E-state index in [9.17, 15) is 9.59 Å². The molecule has 0 aliphatic heterocycles. The first-order valence-corrected chi connectivity index (χ1v) is 8.90. The number of hydrogen-bond donors (Lipinski definition) is 1. The quantitative estimate of drug-likeness (QED) is 0.583. The van der Waals surface area contributed by atoms with Gasteiger partial charge in [-0.3, -0.25) is 9.59 Å². The Morgan fingerprint density at radius 3 is 2.77 bits per heavy atom. The van der Waals surface area contributed by atoms with Crippen molar-refractivity contribution >= 4 is 33.9 Å². The van der Waals surface area contributed by atoms with Crippen LogP contribution in [0.5, 0.6) is 0 Å². The average molecular weight is 362 g/mol. The van der Waals surface area contributed by atoms with Gasteiger partial charge in [0.15, 0.2) is 11.0 Å². The first-order valence-electron chi connectivity index (χ1n) is 7.96. The summed E-state index contributed by atoms with van der Waals surface area (Å²) >= 11 is 1.34. The summed E-state index contributed by atoms with van der Waals surface area (Å²) in [5.41, 5.74) is 4.38. The van der Waals surface area contributed by atoms with E-state index < -0.39 is 0 Å². The van der Waals surface area contributed by atoms with Crippen molar-refractivity contribution in [3.63, 3.8) is 0 Å². The molecule has 2 aromatic carbocycles. The molecule has 4 rings (SSSR count). The number of benzene rings is 2. The van der Waals surface area contributed by atoms with Crippen LogP contribution >= 0.6 is 11.3 Å². The Labute approximate surface area is 152 Å².